The standard InChI is InChI=1S/C16H19N5O3S/c22-15(17-9-11-4-2-1-3-5-11)13-8-12(21(23)24)6-7-14(13)25-16-18-10-19-20-16/h6-8,10-11H,1-5,9H2,(H,17,22)(H,18,19,20). The molecule has 1 aliphatic rings. The maximum Gasteiger partial charge on any atom is 0.270 e. The summed E-state index contributed by atoms with van der Waals surface area (Å²) in [5.41, 5.74) is 0.177. The van der Waals surface area contributed by atoms with Crippen LogP contribution in [-0.4, -0.2) is 32.6 Å². The Hall–Kier alpha value is -2.42. The zero-order chi connectivity index (χ0) is 17.6. The third kappa shape index (κ3) is 4.56. The molecule has 8 nitrogen and oxygen atoms in total. The summed E-state index contributed by atoms with van der Waals surface area (Å²) in [6, 6.07) is 4.27. The predicted molar refractivity (Wildman–Crippen MR) is 92.5 cm³/mol. The molecule has 0 saturated heterocycles. The van der Waals surface area contributed by atoms with E-state index in [2.05, 4.69) is 20.5 Å². The lowest BCUT2D eigenvalue weighted by atomic mass is 9.89. The van der Waals surface area contributed by atoms with Crippen LogP contribution < -0.4 is 5.32 Å². The van der Waals surface area contributed by atoms with Crippen LogP contribution >= 0.6 is 11.8 Å². The Kier molecular flexibility index (Phi) is 5.64. The molecule has 1 fully saturated rings. The molecule has 0 radical (unpaired) electrons. The molecule has 0 spiro atoms. The molecule has 132 valence electrons. The Morgan fingerprint density at radius 3 is 2.84 bits per heavy atom. The highest BCUT2D eigenvalue weighted by atomic mass is 32.2. The summed E-state index contributed by atoms with van der Waals surface area (Å²) < 4.78 is 0. The van der Waals surface area contributed by atoms with Crippen molar-refractivity contribution in [2.24, 2.45) is 5.92 Å². The quantitative estimate of drug-likeness (QED) is 0.603. The van der Waals surface area contributed by atoms with Crippen molar-refractivity contribution in [2.75, 3.05) is 6.54 Å². The van der Waals surface area contributed by atoms with Gasteiger partial charge in [0.05, 0.1) is 10.5 Å². The molecule has 1 saturated carbocycles. The number of aromatic amines is 1. The number of rotatable bonds is 6. The lowest BCUT2D eigenvalue weighted by Gasteiger charge is -2.21. The first kappa shape index (κ1) is 17.4. The first-order chi connectivity index (χ1) is 12.1. The van der Waals surface area contributed by atoms with Crippen LogP contribution in [0.15, 0.2) is 34.6 Å². The molecule has 1 heterocycles. The summed E-state index contributed by atoms with van der Waals surface area (Å²) in [5.74, 6) is 0.193. The normalized spacial score (nSPS) is 15.0. The lowest BCUT2D eigenvalue weighted by molar-refractivity contribution is -0.384. The number of benzene rings is 1. The zero-order valence-electron chi connectivity index (χ0n) is 13.6. The number of hydrogen-bond acceptors (Lipinski definition) is 6. The first-order valence-electron chi connectivity index (χ1n) is 8.23. The number of hydrogen-bond donors (Lipinski definition) is 2. The number of H-pyrrole nitrogens is 1. The maximum atomic E-state index is 12.6. The van der Waals surface area contributed by atoms with E-state index in [4.69, 9.17) is 0 Å². The van der Waals surface area contributed by atoms with Gasteiger partial charge in [-0.2, -0.15) is 5.10 Å². The molecule has 0 bridgehead atoms. The van der Waals surface area contributed by atoms with Crippen molar-refractivity contribution >= 4 is 23.4 Å². The van der Waals surface area contributed by atoms with E-state index >= 15 is 0 Å². The van der Waals surface area contributed by atoms with Crippen molar-refractivity contribution in [3.63, 3.8) is 0 Å². The largest absolute Gasteiger partial charge is 0.352 e. The molecule has 0 atom stereocenters. The van der Waals surface area contributed by atoms with Gasteiger partial charge in [-0.25, -0.2) is 4.98 Å². The number of non-ortho nitro benzene ring substituents is 1. The van der Waals surface area contributed by atoms with Gasteiger partial charge in [0.1, 0.15) is 6.33 Å². The van der Waals surface area contributed by atoms with Crippen molar-refractivity contribution in [1.29, 1.82) is 0 Å². The van der Waals surface area contributed by atoms with E-state index in [9.17, 15) is 14.9 Å². The molecule has 2 aromatic rings. The van der Waals surface area contributed by atoms with Crippen LogP contribution in [0.5, 0.6) is 0 Å². The molecular weight excluding hydrogens is 342 g/mol. The van der Waals surface area contributed by atoms with Gasteiger partial charge in [-0.15, -0.1) is 0 Å². The monoisotopic (exact) mass is 361 g/mol. The molecule has 2 N–H and O–H groups in total. The minimum atomic E-state index is -0.499. The van der Waals surface area contributed by atoms with Crippen LogP contribution in [0.3, 0.4) is 0 Å². The Bertz CT molecular complexity index is 744. The molecule has 0 unspecified atom stereocenters. The van der Waals surface area contributed by atoms with E-state index in [-0.39, 0.29) is 17.2 Å². The van der Waals surface area contributed by atoms with Gasteiger partial charge in [-0.1, -0.05) is 19.3 Å². The van der Waals surface area contributed by atoms with Crippen molar-refractivity contribution in [1.82, 2.24) is 20.5 Å². The van der Waals surface area contributed by atoms with Crippen molar-refractivity contribution in [2.45, 2.75) is 42.2 Å². The lowest BCUT2D eigenvalue weighted by Crippen LogP contribution is -2.30. The molecule has 1 aromatic heterocycles. The summed E-state index contributed by atoms with van der Waals surface area (Å²) in [6.45, 7) is 0.605. The molecule has 3 rings (SSSR count). The topological polar surface area (TPSA) is 114 Å². The zero-order valence-corrected chi connectivity index (χ0v) is 14.4. The van der Waals surface area contributed by atoms with Gasteiger partial charge in [0.15, 0.2) is 5.16 Å². The SMILES string of the molecule is O=C(NCC1CCCCC1)c1cc([N+](=O)[O-])ccc1Sc1ncn[nH]1. The molecule has 0 aliphatic heterocycles. The fourth-order valence-corrected chi connectivity index (χ4v) is 3.77. The van der Waals surface area contributed by atoms with Gasteiger partial charge in [0.25, 0.3) is 11.6 Å². The van der Waals surface area contributed by atoms with Crippen LogP contribution in [0.1, 0.15) is 42.5 Å². The molecule has 25 heavy (non-hydrogen) atoms. The van der Waals surface area contributed by atoms with E-state index in [0.717, 1.165) is 12.8 Å². The summed E-state index contributed by atoms with van der Waals surface area (Å²) in [4.78, 5) is 27.8. The van der Waals surface area contributed by atoms with Crippen LogP contribution in [-0.2, 0) is 0 Å². The molecule has 1 aliphatic carbocycles. The van der Waals surface area contributed by atoms with E-state index in [1.165, 1.54) is 49.5 Å². The van der Waals surface area contributed by atoms with Gasteiger partial charge in [-0.05, 0) is 36.6 Å². The van der Waals surface area contributed by atoms with E-state index < -0.39 is 4.92 Å². The highest BCUT2D eigenvalue weighted by Crippen LogP contribution is 2.30. The smallest absolute Gasteiger partial charge is 0.270 e. The summed E-state index contributed by atoms with van der Waals surface area (Å²) in [5, 5.41) is 21.0. The molecule has 9 heteroatoms. The van der Waals surface area contributed by atoms with Gasteiger partial charge < -0.3 is 5.32 Å². The van der Waals surface area contributed by atoms with Crippen molar-refractivity contribution in [3.8, 4) is 0 Å². The van der Waals surface area contributed by atoms with Crippen LogP contribution in [0.2, 0.25) is 0 Å². The molecule has 1 aromatic carbocycles. The van der Waals surface area contributed by atoms with Gasteiger partial charge in [0, 0.05) is 23.6 Å². The maximum absolute atomic E-state index is 12.6. The van der Waals surface area contributed by atoms with Crippen LogP contribution in [0.25, 0.3) is 0 Å². The number of amides is 1. The van der Waals surface area contributed by atoms with Crippen LogP contribution in [0, 0.1) is 16.0 Å². The Labute approximate surface area is 149 Å². The number of aromatic nitrogens is 3. The second-order valence-electron chi connectivity index (χ2n) is 6.04. The third-order valence-electron chi connectivity index (χ3n) is 4.29. The summed E-state index contributed by atoms with van der Waals surface area (Å²) >= 11 is 1.22. The summed E-state index contributed by atoms with van der Waals surface area (Å²) in [7, 11) is 0. The number of nitro groups is 1. The highest BCUT2D eigenvalue weighted by molar-refractivity contribution is 7.99. The first-order valence-corrected chi connectivity index (χ1v) is 9.05. The Morgan fingerprint density at radius 1 is 1.36 bits per heavy atom. The minimum absolute atomic E-state index is 0.107. The molecular formula is C16H19N5O3S. The second kappa shape index (κ2) is 8.11. The van der Waals surface area contributed by atoms with Gasteiger partial charge in [0.2, 0.25) is 0 Å². The number of carbonyl (C=O) groups is 1. The number of nitrogens with one attached hydrogen (secondary N) is 2. The van der Waals surface area contributed by atoms with E-state index in [1.54, 1.807) is 6.07 Å². The Balaban J connectivity index is 1.76. The summed E-state index contributed by atoms with van der Waals surface area (Å²) in [6.07, 6.45) is 7.27. The van der Waals surface area contributed by atoms with E-state index in [0.29, 0.717) is 22.5 Å². The van der Waals surface area contributed by atoms with Crippen LogP contribution in [0.4, 0.5) is 5.69 Å². The van der Waals surface area contributed by atoms with Crippen molar-refractivity contribution in [3.05, 3.63) is 40.2 Å². The average Bonchev–Trinajstić information content (AvgIpc) is 3.14. The van der Waals surface area contributed by atoms with E-state index in [1.807, 2.05) is 0 Å². The average molecular weight is 361 g/mol. The van der Waals surface area contributed by atoms with Crippen molar-refractivity contribution < 1.29 is 9.72 Å². The molecule has 1 amide bonds. The van der Waals surface area contributed by atoms with Gasteiger partial charge in [-0.3, -0.25) is 20.0 Å². The fraction of sp³-hybridized carbons (Fsp3) is 0.438. The number of nitro benzene ring substituents is 1. The Morgan fingerprint density at radius 2 is 2.16 bits per heavy atom. The number of nitrogens with zero attached hydrogens (tertiary/aromatic N) is 3. The number of carbonyl (C=O) groups excluding carboxylic acids is 1. The fourth-order valence-electron chi connectivity index (χ4n) is 2.97. The second-order valence-corrected chi connectivity index (χ2v) is 7.07. The third-order valence-corrected chi connectivity index (χ3v) is 5.26. The predicted octanol–water partition coefficient (Wildman–Crippen LogP) is 3.17. The van der Waals surface area contributed by atoms with Gasteiger partial charge >= 0.3 is 0 Å². The minimum Gasteiger partial charge on any atom is -0.352 e. The highest BCUT2D eigenvalue weighted by Gasteiger charge is 2.20.